The summed E-state index contributed by atoms with van der Waals surface area (Å²) in [6.45, 7) is 11.6. The third-order valence-electron chi connectivity index (χ3n) is 5.01. The summed E-state index contributed by atoms with van der Waals surface area (Å²) in [5, 5.41) is 1.01. The van der Waals surface area contributed by atoms with Crippen LogP contribution in [-0.2, 0) is 30.2 Å². The van der Waals surface area contributed by atoms with E-state index in [0.717, 1.165) is 29.1 Å². The van der Waals surface area contributed by atoms with E-state index in [9.17, 15) is 9.59 Å². The van der Waals surface area contributed by atoms with Gasteiger partial charge in [0.15, 0.2) is 0 Å². The van der Waals surface area contributed by atoms with Gasteiger partial charge in [-0.05, 0) is 52.9 Å². The third kappa shape index (κ3) is 8.19. The summed E-state index contributed by atoms with van der Waals surface area (Å²) in [6, 6.07) is 0. The predicted octanol–water partition coefficient (Wildman–Crippen LogP) is 4.97. The maximum atomic E-state index is 12.3. The van der Waals surface area contributed by atoms with E-state index >= 15 is 0 Å². The van der Waals surface area contributed by atoms with Gasteiger partial charge < -0.3 is 14.2 Å². The molecule has 1 saturated carbocycles. The van der Waals surface area contributed by atoms with Gasteiger partial charge in [0.25, 0.3) is 0 Å². The molecule has 0 spiro atoms. The van der Waals surface area contributed by atoms with Crippen molar-refractivity contribution in [3.63, 3.8) is 0 Å². The van der Waals surface area contributed by atoms with Crippen molar-refractivity contribution in [3.05, 3.63) is 28.2 Å². The molecule has 1 aliphatic rings. The van der Waals surface area contributed by atoms with Crippen molar-refractivity contribution in [1.29, 1.82) is 0 Å². The van der Waals surface area contributed by atoms with Gasteiger partial charge in [-0.25, -0.2) is 9.78 Å². The highest BCUT2D eigenvalue weighted by Gasteiger charge is 2.28. The van der Waals surface area contributed by atoms with Crippen molar-refractivity contribution in [1.82, 2.24) is 4.98 Å². The molecule has 0 bridgehead atoms. The Labute approximate surface area is 184 Å². The van der Waals surface area contributed by atoms with Gasteiger partial charge >= 0.3 is 11.9 Å². The van der Waals surface area contributed by atoms with Crippen LogP contribution in [0.15, 0.2) is 18.3 Å². The molecule has 0 amide bonds. The molecule has 1 heterocycles. The summed E-state index contributed by atoms with van der Waals surface area (Å²) in [5.41, 5.74) is -0.0987. The van der Waals surface area contributed by atoms with E-state index in [0.29, 0.717) is 24.8 Å². The Balaban J connectivity index is 1.96. The van der Waals surface area contributed by atoms with Crippen LogP contribution in [0, 0.1) is 0 Å². The molecule has 168 valence electrons. The fraction of sp³-hybridized carbons (Fsp3) is 0.696. The molecule has 1 aromatic rings. The number of aryl methyl sites for hydroxylation is 1. The second-order valence-electron chi connectivity index (χ2n) is 9.00. The topological polar surface area (TPSA) is 74.7 Å². The fourth-order valence-electron chi connectivity index (χ4n) is 3.16. The van der Waals surface area contributed by atoms with Crippen LogP contribution in [0.2, 0.25) is 0 Å². The molecule has 7 heteroatoms. The van der Waals surface area contributed by atoms with Gasteiger partial charge in [0.1, 0.15) is 5.60 Å². The number of nitrogens with zero attached hydrogens (tertiary/aromatic N) is 1. The molecule has 6 nitrogen and oxygen atoms in total. The Kier molecular flexibility index (Phi) is 9.04. The van der Waals surface area contributed by atoms with Crippen LogP contribution in [-0.4, -0.2) is 41.8 Å². The highest BCUT2D eigenvalue weighted by molar-refractivity contribution is 7.11. The van der Waals surface area contributed by atoms with Crippen LogP contribution in [0.4, 0.5) is 0 Å². The summed E-state index contributed by atoms with van der Waals surface area (Å²) in [5.74, 6) is -0.400. The van der Waals surface area contributed by atoms with Gasteiger partial charge in [-0.15, -0.1) is 11.3 Å². The number of aromatic nitrogens is 1. The van der Waals surface area contributed by atoms with E-state index < -0.39 is 5.60 Å². The Bertz CT molecular complexity index is 732. The van der Waals surface area contributed by atoms with Gasteiger partial charge in [0.2, 0.25) is 0 Å². The monoisotopic (exact) mass is 437 g/mol. The van der Waals surface area contributed by atoms with Gasteiger partial charge in [-0.3, -0.25) is 4.79 Å². The quantitative estimate of drug-likeness (QED) is 0.359. The minimum atomic E-state index is -0.543. The largest absolute Gasteiger partial charge is 0.469 e. The average molecular weight is 438 g/mol. The molecule has 1 aliphatic carbocycles. The van der Waals surface area contributed by atoms with Crippen LogP contribution < -0.4 is 0 Å². The second kappa shape index (κ2) is 11.0. The normalized spacial score (nSPS) is 16.4. The lowest BCUT2D eigenvalue weighted by Gasteiger charge is -2.32. The molecule has 0 aliphatic heterocycles. The van der Waals surface area contributed by atoms with Crippen LogP contribution >= 0.6 is 11.3 Å². The highest BCUT2D eigenvalue weighted by atomic mass is 32.1. The molecular weight excluding hydrogens is 402 g/mol. The number of ether oxygens (including phenoxy) is 3. The van der Waals surface area contributed by atoms with Crippen molar-refractivity contribution >= 4 is 23.3 Å². The van der Waals surface area contributed by atoms with Crippen molar-refractivity contribution in [2.75, 3.05) is 7.11 Å². The molecule has 0 radical (unpaired) electrons. The number of esters is 2. The van der Waals surface area contributed by atoms with Crippen LogP contribution in [0.5, 0.6) is 0 Å². The maximum Gasteiger partial charge on any atom is 0.334 e. The molecular formula is C23H35NO5S. The molecule has 0 aromatic carbocycles. The Morgan fingerprint density at radius 2 is 2.03 bits per heavy atom. The van der Waals surface area contributed by atoms with Crippen molar-refractivity contribution < 1.29 is 23.8 Å². The molecule has 0 N–H and O–H groups in total. The van der Waals surface area contributed by atoms with Crippen molar-refractivity contribution in [2.45, 2.75) is 96.4 Å². The molecule has 2 rings (SSSR count). The van der Waals surface area contributed by atoms with Crippen LogP contribution in [0.3, 0.4) is 0 Å². The van der Waals surface area contributed by atoms with Crippen LogP contribution in [0.25, 0.3) is 0 Å². The number of methoxy groups -OCH3 is 1. The number of rotatable bonds is 11. The Hall–Kier alpha value is -1.73. The number of hydrogen-bond acceptors (Lipinski definition) is 7. The minimum absolute atomic E-state index is 0.104. The van der Waals surface area contributed by atoms with Gasteiger partial charge in [-0.2, -0.15) is 0 Å². The number of hydrogen-bond donors (Lipinski definition) is 0. The van der Waals surface area contributed by atoms with Crippen molar-refractivity contribution in [2.24, 2.45) is 0 Å². The maximum absolute atomic E-state index is 12.3. The SMILES string of the molecule is C=C(C[C@H](C[C@H](C)c1ncc(CCC(=O)OC)s1)OC1CCC1)C(=O)OC(C)(C)C. The Morgan fingerprint density at radius 3 is 2.60 bits per heavy atom. The lowest BCUT2D eigenvalue weighted by Crippen LogP contribution is -2.31. The van der Waals surface area contributed by atoms with Gasteiger partial charge in [0, 0.05) is 29.0 Å². The highest BCUT2D eigenvalue weighted by Crippen LogP contribution is 2.32. The lowest BCUT2D eigenvalue weighted by atomic mass is 9.94. The predicted molar refractivity (Wildman–Crippen MR) is 118 cm³/mol. The minimum Gasteiger partial charge on any atom is -0.469 e. The zero-order chi connectivity index (χ0) is 22.3. The summed E-state index contributed by atoms with van der Waals surface area (Å²) in [4.78, 5) is 29.3. The average Bonchev–Trinajstić information content (AvgIpc) is 3.10. The zero-order valence-electron chi connectivity index (χ0n) is 18.9. The molecule has 1 aromatic heterocycles. The lowest BCUT2D eigenvalue weighted by molar-refractivity contribution is -0.150. The van der Waals surface area contributed by atoms with E-state index in [4.69, 9.17) is 14.2 Å². The molecule has 0 unspecified atom stereocenters. The number of carbonyl (C=O) groups is 2. The Morgan fingerprint density at radius 1 is 1.33 bits per heavy atom. The summed E-state index contributed by atoms with van der Waals surface area (Å²) < 4.78 is 16.4. The van der Waals surface area contributed by atoms with E-state index in [1.165, 1.54) is 13.5 Å². The van der Waals surface area contributed by atoms with Gasteiger partial charge in [0.05, 0.1) is 30.7 Å². The first kappa shape index (κ1) is 24.5. The van der Waals surface area contributed by atoms with E-state index in [-0.39, 0.29) is 30.1 Å². The van der Waals surface area contributed by atoms with Crippen LogP contribution in [0.1, 0.15) is 82.0 Å². The molecule has 2 atom stereocenters. The number of thiazole rings is 1. The number of carbonyl (C=O) groups excluding carboxylic acids is 2. The second-order valence-corrected chi connectivity index (χ2v) is 10.1. The molecule has 0 saturated heterocycles. The third-order valence-corrected chi connectivity index (χ3v) is 6.30. The first-order chi connectivity index (χ1) is 14.1. The zero-order valence-corrected chi connectivity index (χ0v) is 19.7. The molecule has 30 heavy (non-hydrogen) atoms. The van der Waals surface area contributed by atoms with Crippen molar-refractivity contribution in [3.8, 4) is 0 Å². The van der Waals surface area contributed by atoms with E-state index in [1.54, 1.807) is 11.3 Å². The first-order valence-electron chi connectivity index (χ1n) is 10.7. The summed E-state index contributed by atoms with van der Waals surface area (Å²) in [7, 11) is 1.40. The summed E-state index contributed by atoms with van der Waals surface area (Å²) >= 11 is 1.62. The first-order valence-corrected chi connectivity index (χ1v) is 11.5. The summed E-state index contributed by atoms with van der Waals surface area (Å²) in [6.07, 6.45) is 7.52. The standard InChI is InChI=1S/C23H35NO5S/c1-15(21-24-14-19(30-21)10-11-20(25)27-6)12-18(28-17-8-7-9-17)13-16(2)22(26)29-23(3,4)5/h14-15,17-18H,2,7-13H2,1,3-6H3/t15-,18-/m0/s1. The smallest absolute Gasteiger partial charge is 0.334 e. The van der Waals surface area contributed by atoms with E-state index in [1.807, 2.05) is 27.0 Å². The fourth-order valence-corrected chi connectivity index (χ4v) is 4.14. The molecule has 1 fully saturated rings. The van der Waals surface area contributed by atoms with E-state index in [2.05, 4.69) is 18.5 Å². The van der Waals surface area contributed by atoms with Gasteiger partial charge in [-0.1, -0.05) is 13.5 Å².